The first-order chi connectivity index (χ1) is 15.7. The van der Waals surface area contributed by atoms with E-state index in [9.17, 15) is 0 Å². The van der Waals surface area contributed by atoms with Crippen LogP contribution in [0.3, 0.4) is 0 Å². The Labute approximate surface area is 217 Å². The van der Waals surface area contributed by atoms with E-state index in [1.54, 1.807) is 0 Å². The van der Waals surface area contributed by atoms with Crippen molar-refractivity contribution in [1.82, 2.24) is 15.5 Å². The van der Waals surface area contributed by atoms with Gasteiger partial charge in [-0.3, -0.25) is 9.89 Å². The summed E-state index contributed by atoms with van der Waals surface area (Å²) >= 11 is 0. The van der Waals surface area contributed by atoms with Crippen molar-refractivity contribution >= 4 is 35.6 Å². The topological polar surface area (TPSA) is 61.4 Å². The Morgan fingerprint density at radius 3 is 2.73 bits per heavy atom. The summed E-state index contributed by atoms with van der Waals surface area (Å²) in [4.78, 5) is 9.78. The summed E-state index contributed by atoms with van der Waals surface area (Å²) in [6.07, 6.45) is 4.63. The van der Waals surface area contributed by atoms with E-state index in [-0.39, 0.29) is 30.1 Å². The van der Waals surface area contributed by atoms with Crippen molar-refractivity contribution in [2.24, 2.45) is 4.99 Å². The quantitative estimate of drug-likeness (QED) is 0.173. The van der Waals surface area contributed by atoms with Gasteiger partial charge in [0.05, 0.1) is 12.7 Å². The van der Waals surface area contributed by atoms with Gasteiger partial charge in [-0.25, -0.2) is 0 Å². The van der Waals surface area contributed by atoms with Crippen LogP contribution >= 0.6 is 24.0 Å². The highest BCUT2D eigenvalue weighted by Crippen LogP contribution is 2.17. The lowest BCUT2D eigenvalue weighted by Gasteiger charge is -2.36. The molecule has 3 rings (SSSR count). The molecule has 0 aliphatic carbocycles. The maximum Gasteiger partial charge on any atom is 0.191 e. The van der Waals surface area contributed by atoms with Crippen molar-refractivity contribution in [3.8, 4) is 0 Å². The molecular weight excluding hydrogens is 529 g/mol. The fraction of sp³-hybridized carbons (Fsp3) is 0.720. The van der Waals surface area contributed by atoms with Crippen molar-refractivity contribution in [3.63, 3.8) is 0 Å². The Hall–Kier alpha value is -1.10. The van der Waals surface area contributed by atoms with Crippen molar-refractivity contribution in [1.29, 1.82) is 0 Å². The van der Waals surface area contributed by atoms with E-state index in [4.69, 9.17) is 9.47 Å². The van der Waals surface area contributed by atoms with Crippen molar-refractivity contribution in [2.75, 3.05) is 77.1 Å². The van der Waals surface area contributed by atoms with E-state index < -0.39 is 0 Å². The van der Waals surface area contributed by atoms with Crippen LogP contribution in [0.15, 0.2) is 29.3 Å². The number of ether oxygens (including phenoxy) is 2. The van der Waals surface area contributed by atoms with Crippen LogP contribution in [0.25, 0.3) is 0 Å². The Bertz CT molecular complexity index is 677. The molecule has 0 radical (unpaired) electrons. The predicted molar refractivity (Wildman–Crippen MR) is 148 cm³/mol. The van der Waals surface area contributed by atoms with E-state index in [0.29, 0.717) is 0 Å². The molecule has 2 aliphatic rings. The lowest BCUT2D eigenvalue weighted by atomic mass is 10.2. The van der Waals surface area contributed by atoms with Crippen LogP contribution < -0.4 is 15.5 Å². The number of unbranched alkanes of at least 4 members (excludes halogenated alkanes) is 1. The predicted octanol–water partition coefficient (Wildman–Crippen LogP) is 3.27. The third-order valence-electron chi connectivity index (χ3n) is 6.09. The molecule has 2 N–H and O–H groups in total. The first-order valence-electron chi connectivity index (χ1n) is 12.5. The summed E-state index contributed by atoms with van der Waals surface area (Å²) in [5.41, 5.74) is 2.70. The van der Waals surface area contributed by atoms with Crippen molar-refractivity contribution < 1.29 is 9.47 Å². The molecular formula is C25H44IN5O2. The smallest absolute Gasteiger partial charge is 0.191 e. The number of rotatable bonds is 12. The number of piperazine rings is 1. The number of nitrogens with zero attached hydrogens (tertiary/aromatic N) is 3. The molecule has 0 amide bonds. The Morgan fingerprint density at radius 2 is 2.00 bits per heavy atom. The van der Waals surface area contributed by atoms with E-state index in [1.807, 2.05) is 0 Å². The van der Waals surface area contributed by atoms with E-state index in [2.05, 4.69) is 63.5 Å². The van der Waals surface area contributed by atoms with Crippen LogP contribution in [0.5, 0.6) is 0 Å². The lowest BCUT2D eigenvalue weighted by molar-refractivity contribution is 0.0424. The average Bonchev–Trinajstić information content (AvgIpc) is 3.32. The van der Waals surface area contributed by atoms with Crippen LogP contribution in [-0.4, -0.2) is 89.1 Å². The average molecular weight is 574 g/mol. The molecule has 2 heterocycles. The summed E-state index contributed by atoms with van der Waals surface area (Å²) in [7, 11) is 0. The number of aliphatic imine (C=N–C) groups is 1. The van der Waals surface area contributed by atoms with Gasteiger partial charge in [0.2, 0.25) is 0 Å². The summed E-state index contributed by atoms with van der Waals surface area (Å²) in [6, 6.07) is 8.86. The highest BCUT2D eigenvalue weighted by atomic mass is 127. The number of benzene rings is 1. The number of hydrogen-bond acceptors (Lipinski definition) is 5. The first-order valence-corrected chi connectivity index (χ1v) is 12.5. The highest BCUT2D eigenvalue weighted by Gasteiger charge is 2.17. The second-order valence-corrected chi connectivity index (χ2v) is 8.77. The molecule has 2 aliphatic heterocycles. The summed E-state index contributed by atoms with van der Waals surface area (Å²) < 4.78 is 11.1. The summed E-state index contributed by atoms with van der Waals surface area (Å²) in [5.74, 6) is 0.920. The molecule has 0 saturated carbocycles. The largest absolute Gasteiger partial charge is 0.379 e. The van der Waals surface area contributed by atoms with Gasteiger partial charge in [-0.2, -0.15) is 0 Å². The molecule has 1 atom stereocenters. The summed E-state index contributed by atoms with van der Waals surface area (Å²) in [5, 5.41) is 6.82. The number of aryl methyl sites for hydroxylation is 1. The molecule has 1 aromatic carbocycles. The first kappa shape index (κ1) is 28.1. The van der Waals surface area contributed by atoms with Crippen LogP contribution in [-0.2, 0) is 9.47 Å². The monoisotopic (exact) mass is 573 g/mol. The molecule has 188 valence electrons. The Balaban J connectivity index is 0.00000385. The van der Waals surface area contributed by atoms with Gasteiger partial charge in [0.25, 0.3) is 0 Å². The molecule has 0 bridgehead atoms. The molecule has 8 heteroatoms. The van der Waals surface area contributed by atoms with Crippen LogP contribution in [0, 0.1) is 6.92 Å². The van der Waals surface area contributed by atoms with Crippen LogP contribution in [0.2, 0.25) is 0 Å². The van der Waals surface area contributed by atoms with Gasteiger partial charge < -0.3 is 25.0 Å². The highest BCUT2D eigenvalue weighted by molar-refractivity contribution is 14.0. The zero-order valence-corrected chi connectivity index (χ0v) is 22.9. The molecule has 1 unspecified atom stereocenters. The van der Waals surface area contributed by atoms with E-state index in [1.165, 1.54) is 24.2 Å². The minimum Gasteiger partial charge on any atom is -0.379 e. The van der Waals surface area contributed by atoms with Gasteiger partial charge in [0.1, 0.15) is 0 Å². The number of hydrogen-bond donors (Lipinski definition) is 2. The lowest BCUT2D eigenvalue weighted by Crippen LogP contribution is -2.46. The fourth-order valence-electron chi connectivity index (χ4n) is 4.21. The molecule has 0 aromatic heterocycles. The molecule has 7 nitrogen and oxygen atoms in total. The fourth-order valence-corrected chi connectivity index (χ4v) is 4.21. The zero-order valence-electron chi connectivity index (χ0n) is 20.6. The normalized spacial score (nSPS) is 19.4. The van der Waals surface area contributed by atoms with Crippen LogP contribution in [0.1, 0.15) is 38.2 Å². The van der Waals surface area contributed by atoms with E-state index in [0.717, 1.165) is 90.9 Å². The number of guanidine groups is 1. The molecule has 33 heavy (non-hydrogen) atoms. The van der Waals surface area contributed by atoms with Gasteiger partial charge >= 0.3 is 0 Å². The van der Waals surface area contributed by atoms with Gasteiger partial charge in [-0.15, -0.1) is 24.0 Å². The van der Waals surface area contributed by atoms with Crippen molar-refractivity contribution in [2.45, 2.75) is 45.6 Å². The van der Waals surface area contributed by atoms with Gasteiger partial charge in [0.15, 0.2) is 5.96 Å². The molecule has 2 saturated heterocycles. The maximum atomic E-state index is 5.81. The minimum absolute atomic E-state index is 0. The third kappa shape index (κ3) is 10.8. The molecule has 2 fully saturated rings. The molecule has 1 aromatic rings. The van der Waals surface area contributed by atoms with Crippen molar-refractivity contribution in [3.05, 3.63) is 29.8 Å². The third-order valence-corrected chi connectivity index (χ3v) is 6.09. The number of anilines is 1. The maximum absolute atomic E-state index is 5.81. The number of nitrogens with one attached hydrogen (secondary N) is 2. The zero-order chi connectivity index (χ0) is 22.4. The van der Waals surface area contributed by atoms with Crippen LogP contribution in [0.4, 0.5) is 5.69 Å². The summed E-state index contributed by atoms with van der Waals surface area (Å²) in [6.45, 7) is 15.0. The second-order valence-electron chi connectivity index (χ2n) is 8.77. The Morgan fingerprint density at radius 1 is 1.15 bits per heavy atom. The van der Waals surface area contributed by atoms with Gasteiger partial charge in [0, 0.05) is 64.7 Å². The van der Waals surface area contributed by atoms with E-state index >= 15 is 0 Å². The standard InChI is InChI=1S/C25H43N5O2.HI/c1-3-26-25(28-12-7-18-32-24-10-19-31-21-24)27-11-4-5-13-29-14-16-30(17-15-29)23-9-6-8-22(2)20-23;/h6,8-9,20,24H,3-5,7,10-19,21H2,1-2H3,(H2,26,27,28);1H. The van der Waals surface area contributed by atoms with Gasteiger partial charge in [-0.05, 0) is 63.8 Å². The number of halogens is 1. The SMILES string of the molecule is CCNC(=NCCCOC1CCOC1)NCCCCN1CCN(c2cccc(C)c2)CC1.I. The minimum atomic E-state index is 0. The second kappa shape index (κ2) is 16.5. The van der Waals surface area contributed by atoms with Gasteiger partial charge in [-0.1, -0.05) is 12.1 Å². The molecule has 0 spiro atoms. The Kier molecular flexibility index (Phi) is 14.1.